The molecule has 3 heterocycles. The molecule has 6 nitrogen and oxygen atoms in total. The molecule has 0 atom stereocenters. The lowest BCUT2D eigenvalue weighted by Gasteiger charge is -2.33. The van der Waals surface area contributed by atoms with Gasteiger partial charge in [-0.25, -0.2) is 9.97 Å². The molecule has 0 unspecified atom stereocenters. The minimum atomic E-state index is -0.346. The SMILES string of the molecule is Cc1sc(-c2cnc(NC(=O)c3cscn3)c(Cl)c2)cc1N(C(=O)C1CCC(C)CC1)C(C)C. The van der Waals surface area contributed by atoms with Crippen LogP contribution in [0.15, 0.2) is 29.2 Å². The molecule has 1 saturated carbocycles. The highest BCUT2D eigenvalue weighted by atomic mass is 35.5. The van der Waals surface area contributed by atoms with Crippen molar-refractivity contribution in [3.8, 4) is 10.4 Å². The first-order valence-corrected chi connectivity index (χ1v) is 13.7. The van der Waals surface area contributed by atoms with E-state index in [9.17, 15) is 9.59 Å². The zero-order valence-electron chi connectivity index (χ0n) is 19.8. The highest BCUT2D eigenvalue weighted by molar-refractivity contribution is 7.16. The van der Waals surface area contributed by atoms with Crippen LogP contribution >= 0.6 is 34.3 Å². The smallest absolute Gasteiger partial charge is 0.276 e. The lowest BCUT2D eigenvalue weighted by Crippen LogP contribution is -2.42. The van der Waals surface area contributed by atoms with Crippen molar-refractivity contribution in [2.45, 2.75) is 59.4 Å². The van der Waals surface area contributed by atoms with Crippen LogP contribution in [0.4, 0.5) is 11.5 Å². The molecular weight excluding hydrogens is 488 g/mol. The quantitative estimate of drug-likeness (QED) is 0.381. The monoisotopic (exact) mass is 516 g/mol. The van der Waals surface area contributed by atoms with Crippen LogP contribution in [0.2, 0.25) is 5.02 Å². The van der Waals surface area contributed by atoms with Gasteiger partial charge in [0.2, 0.25) is 5.91 Å². The van der Waals surface area contributed by atoms with Gasteiger partial charge in [0.1, 0.15) is 5.69 Å². The zero-order valence-corrected chi connectivity index (χ0v) is 22.2. The fraction of sp³-hybridized carbons (Fsp3) is 0.440. The number of thiazole rings is 1. The Bertz CT molecular complexity index is 1170. The highest BCUT2D eigenvalue weighted by Crippen LogP contribution is 2.40. The maximum Gasteiger partial charge on any atom is 0.276 e. The van der Waals surface area contributed by atoms with E-state index in [1.54, 1.807) is 34.5 Å². The van der Waals surface area contributed by atoms with Crippen LogP contribution in [0, 0.1) is 18.8 Å². The van der Waals surface area contributed by atoms with Crippen molar-refractivity contribution < 1.29 is 9.59 Å². The van der Waals surface area contributed by atoms with Crippen molar-refractivity contribution in [2.75, 3.05) is 10.2 Å². The van der Waals surface area contributed by atoms with Crippen molar-refractivity contribution in [1.29, 1.82) is 0 Å². The van der Waals surface area contributed by atoms with Crippen molar-refractivity contribution >= 4 is 57.6 Å². The minimum absolute atomic E-state index is 0.0676. The van der Waals surface area contributed by atoms with Crippen molar-refractivity contribution in [3.63, 3.8) is 0 Å². The predicted octanol–water partition coefficient (Wildman–Crippen LogP) is 7.05. The van der Waals surface area contributed by atoms with E-state index in [-0.39, 0.29) is 23.8 Å². The van der Waals surface area contributed by atoms with Crippen molar-refractivity contribution in [2.24, 2.45) is 11.8 Å². The van der Waals surface area contributed by atoms with Gasteiger partial charge in [-0.15, -0.1) is 22.7 Å². The molecule has 3 aromatic heterocycles. The first kappa shape index (κ1) is 24.8. The molecule has 1 N–H and O–H groups in total. The summed E-state index contributed by atoms with van der Waals surface area (Å²) in [4.78, 5) is 38.2. The van der Waals surface area contributed by atoms with Gasteiger partial charge in [-0.1, -0.05) is 18.5 Å². The number of carbonyl (C=O) groups is 2. The van der Waals surface area contributed by atoms with Crippen LogP contribution < -0.4 is 10.2 Å². The van der Waals surface area contributed by atoms with Gasteiger partial charge in [0.25, 0.3) is 5.91 Å². The number of thiophene rings is 1. The van der Waals surface area contributed by atoms with Crippen molar-refractivity contribution in [1.82, 2.24) is 9.97 Å². The standard InChI is InChI=1S/C25H29ClN4O2S2/c1-14(2)30(25(32)17-7-5-15(3)6-8-17)21-10-22(34-16(21)4)18-9-19(26)23(27-11-18)29-24(31)20-12-33-13-28-20/h9-15,17H,5-8H2,1-4H3,(H,27,29,31). The number of anilines is 2. The third-order valence-electron chi connectivity index (χ3n) is 6.29. The number of halogens is 1. The summed E-state index contributed by atoms with van der Waals surface area (Å²) in [6, 6.07) is 3.92. The Labute approximate surface area is 213 Å². The zero-order chi connectivity index (χ0) is 24.4. The molecule has 180 valence electrons. The Kier molecular flexibility index (Phi) is 7.70. The van der Waals surface area contributed by atoms with Gasteiger partial charge >= 0.3 is 0 Å². The number of carbonyl (C=O) groups excluding carboxylic acids is 2. The molecule has 34 heavy (non-hydrogen) atoms. The van der Waals surface area contributed by atoms with Crippen LogP contribution in [0.25, 0.3) is 10.4 Å². The van der Waals surface area contributed by atoms with Crippen LogP contribution in [0.3, 0.4) is 0 Å². The van der Waals surface area contributed by atoms with Gasteiger partial charge in [0.05, 0.1) is 16.2 Å². The summed E-state index contributed by atoms with van der Waals surface area (Å²) in [5, 5.41) is 4.73. The molecule has 3 aromatic rings. The lowest BCUT2D eigenvalue weighted by molar-refractivity contribution is -0.123. The largest absolute Gasteiger partial charge is 0.309 e. The van der Waals surface area contributed by atoms with E-state index < -0.39 is 0 Å². The van der Waals surface area contributed by atoms with Crippen LogP contribution in [-0.2, 0) is 4.79 Å². The molecule has 0 saturated heterocycles. The molecule has 0 aliphatic heterocycles. The Morgan fingerprint density at radius 1 is 1.18 bits per heavy atom. The molecule has 1 aliphatic rings. The fourth-order valence-electron chi connectivity index (χ4n) is 4.37. The molecule has 0 bridgehead atoms. The normalized spacial score (nSPS) is 18.2. The molecule has 4 rings (SSSR count). The molecule has 0 radical (unpaired) electrons. The fourth-order valence-corrected chi connectivity index (χ4v) is 6.11. The Hall–Kier alpha value is -2.29. The van der Waals surface area contributed by atoms with E-state index in [2.05, 4.69) is 42.1 Å². The second kappa shape index (κ2) is 10.5. The van der Waals surface area contributed by atoms with E-state index in [0.717, 1.165) is 46.7 Å². The van der Waals surface area contributed by atoms with Gasteiger partial charge in [-0.3, -0.25) is 9.59 Å². The molecule has 1 aliphatic carbocycles. The van der Waals surface area contributed by atoms with Crippen LogP contribution in [0.1, 0.15) is 61.8 Å². The number of nitrogens with one attached hydrogen (secondary N) is 1. The Morgan fingerprint density at radius 3 is 2.53 bits per heavy atom. The summed E-state index contributed by atoms with van der Waals surface area (Å²) in [7, 11) is 0. The highest BCUT2D eigenvalue weighted by Gasteiger charge is 2.31. The number of hydrogen-bond donors (Lipinski definition) is 1. The maximum absolute atomic E-state index is 13.5. The van der Waals surface area contributed by atoms with Gasteiger partial charge in [-0.05, 0) is 64.5 Å². The van der Waals surface area contributed by atoms with Crippen LogP contribution in [-0.4, -0.2) is 27.8 Å². The second-order valence-corrected chi connectivity index (χ2v) is 11.6. The minimum Gasteiger partial charge on any atom is -0.309 e. The van der Waals surface area contributed by atoms with Gasteiger partial charge in [-0.2, -0.15) is 0 Å². The number of aromatic nitrogens is 2. The van der Waals surface area contributed by atoms with Gasteiger partial charge in [0.15, 0.2) is 5.82 Å². The average molecular weight is 517 g/mol. The number of rotatable bonds is 6. The summed E-state index contributed by atoms with van der Waals surface area (Å²) in [6.07, 6.45) is 5.86. The van der Waals surface area contributed by atoms with Gasteiger partial charge in [0, 0.05) is 38.9 Å². The number of amides is 2. The molecule has 1 fully saturated rings. The maximum atomic E-state index is 13.5. The van der Waals surface area contributed by atoms with Crippen LogP contribution in [0.5, 0.6) is 0 Å². The lowest BCUT2D eigenvalue weighted by atomic mass is 9.82. The Morgan fingerprint density at radius 2 is 1.91 bits per heavy atom. The number of aryl methyl sites for hydroxylation is 1. The summed E-state index contributed by atoms with van der Waals surface area (Å²) in [5.74, 6) is 0.976. The summed E-state index contributed by atoms with van der Waals surface area (Å²) < 4.78 is 0. The predicted molar refractivity (Wildman–Crippen MR) is 141 cm³/mol. The van der Waals surface area contributed by atoms with E-state index >= 15 is 0 Å². The Balaban J connectivity index is 1.56. The molecule has 9 heteroatoms. The third kappa shape index (κ3) is 5.34. The number of nitrogens with zero attached hydrogens (tertiary/aromatic N) is 3. The molecule has 2 amide bonds. The topological polar surface area (TPSA) is 75.2 Å². The second-order valence-electron chi connectivity index (χ2n) is 9.19. The first-order valence-electron chi connectivity index (χ1n) is 11.5. The number of pyridine rings is 1. The molecular formula is C25H29ClN4O2S2. The van der Waals surface area contributed by atoms with E-state index in [1.165, 1.54) is 11.3 Å². The van der Waals surface area contributed by atoms with E-state index in [0.29, 0.717) is 22.5 Å². The summed E-state index contributed by atoms with van der Waals surface area (Å²) >= 11 is 9.42. The number of hydrogen-bond acceptors (Lipinski definition) is 6. The summed E-state index contributed by atoms with van der Waals surface area (Å²) in [6.45, 7) is 8.45. The van der Waals surface area contributed by atoms with E-state index in [1.807, 2.05) is 11.8 Å². The van der Waals surface area contributed by atoms with E-state index in [4.69, 9.17) is 11.6 Å². The molecule has 0 spiro atoms. The first-order chi connectivity index (χ1) is 16.2. The average Bonchev–Trinajstić information content (AvgIpc) is 3.46. The summed E-state index contributed by atoms with van der Waals surface area (Å²) in [5.41, 5.74) is 3.73. The van der Waals surface area contributed by atoms with Crippen molar-refractivity contribution in [3.05, 3.63) is 44.8 Å². The third-order valence-corrected chi connectivity index (χ3v) is 8.26. The molecule has 0 aromatic carbocycles. The van der Waals surface area contributed by atoms with Gasteiger partial charge < -0.3 is 10.2 Å².